The van der Waals surface area contributed by atoms with Crippen LogP contribution in [0.5, 0.6) is 0 Å². The van der Waals surface area contributed by atoms with Gasteiger partial charge in [0.25, 0.3) is 0 Å². The molecule has 1 aliphatic heterocycles. The second kappa shape index (κ2) is 12.4. The highest BCUT2D eigenvalue weighted by atomic mass is 79.9. The summed E-state index contributed by atoms with van der Waals surface area (Å²) < 4.78 is 29.9. The van der Waals surface area contributed by atoms with E-state index in [2.05, 4.69) is 27.5 Å². The van der Waals surface area contributed by atoms with Crippen molar-refractivity contribution >= 4 is 33.4 Å². The lowest BCUT2D eigenvalue weighted by Gasteiger charge is -2.41. The summed E-state index contributed by atoms with van der Waals surface area (Å²) in [6.45, 7) is 12.3. The van der Waals surface area contributed by atoms with Crippen LogP contribution in [-0.2, 0) is 9.63 Å². The van der Waals surface area contributed by atoms with Crippen molar-refractivity contribution in [3.8, 4) is 0 Å². The number of halogens is 3. The number of carbonyl (C=O) groups is 1. The number of hydrogen-bond donors (Lipinski definition) is 1. The van der Waals surface area contributed by atoms with E-state index in [4.69, 9.17) is 10.7 Å². The molecular formula is C26H32BrF2N5O2. The van der Waals surface area contributed by atoms with E-state index in [-0.39, 0.29) is 11.8 Å². The molecule has 3 rings (SSSR count). The largest absolute Gasteiger partial charge is 0.391 e. The van der Waals surface area contributed by atoms with E-state index in [1.807, 2.05) is 23.6 Å². The van der Waals surface area contributed by atoms with Crippen molar-refractivity contribution < 1.29 is 18.4 Å². The average Bonchev–Trinajstić information content (AvgIpc) is 2.86. The molecule has 2 aromatic carbocycles. The summed E-state index contributed by atoms with van der Waals surface area (Å²) in [5.41, 5.74) is 1.90. The summed E-state index contributed by atoms with van der Waals surface area (Å²) in [5.74, 6) is 4.46. The number of nitrogens with zero attached hydrogens (tertiary/aromatic N) is 4. The highest BCUT2D eigenvalue weighted by molar-refractivity contribution is 9.10. The maximum absolute atomic E-state index is 15.1. The second-order valence-electron chi connectivity index (χ2n) is 8.54. The van der Waals surface area contributed by atoms with Gasteiger partial charge in [-0.05, 0) is 62.7 Å². The third-order valence-electron chi connectivity index (χ3n) is 6.18. The van der Waals surface area contributed by atoms with Crippen molar-refractivity contribution in [2.75, 3.05) is 44.2 Å². The van der Waals surface area contributed by atoms with Gasteiger partial charge in [-0.1, -0.05) is 22.5 Å². The predicted octanol–water partition coefficient (Wildman–Crippen LogP) is 4.63. The lowest BCUT2D eigenvalue weighted by Crippen LogP contribution is -2.52. The molecule has 0 radical (unpaired) electrons. The number of carbonyl (C=O) groups excluding carboxylic acids is 1. The number of hydrogen-bond acceptors (Lipinski definition) is 6. The number of aliphatic imine (C=N–C) groups is 1. The molecule has 0 bridgehead atoms. The Morgan fingerprint density at radius 2 is 1.83 bits per heavy atom. The van der Waals surface area contributed by atoms with Crippen LogP contribution in [0.15, 0.2) is 58.1 Å². The number of allylic oxidation sites excluding steroid dienone is 1. The molecule has 0 aliphatic carbocycles. The van der Waals surface area contributed by atoms with E-state index in [1.165, 1.54) is 18.2 Å². The Hall–Kier alpha value is -2.82. The van der Waals surface area contributed by atoms with Crippen molar-refractivity contribution in [1.29, 1.82) is 0 Å². The van der Waals surface area contributed by atoms with Crippen LogP contribution in [0.2, 0.25) is 0 Å². The molecule has 7 nitrogen and oxygen atoms in total. The molecule has 10 heteroatoms. The summed E-state index contributed by atoms with van der Waals surface area (Å²) in [4.78, 5) is 28.1. The lowest BCUT2D eigenvalue weighted by molar-refractivity contribution is -0.137. The van der Waals surface area contributed by atoms with Crippen molar-refractivity contribution in [1.82, 2.24) is 9.80 Å². The Kier molecular flexibility index (Phi) is 9.58. The van der Waals surface area contributed by atoms with Gasteiger partial charge < -0.3 is 14.6 Å². The van der Waals surface area contributed by atoms with E-state index in [0.717, 1.165) is 0 Å². The molecule has 2 aromatic rings. The standard InChI is InChI=1S/C26H32BrF2N5O2/c1-5-32(6-2)26(35)24(20-16-19(28)8-9-21(20)27)34-13-11-33(12-14-34)23-10-7-18(15-22(23)29)25(36-30)31-17(3)4/h7-10,15-16,24H,3,5-6,11-14,30H2,1-2,4H3/b31-25-. The molecule has 0 saturated carbocycles. The van der Waals surface area contributed by atoms with Crippen LogP contribution in [0, 0.1) is 11.6 Å². The van der Waals surface area contributed by atoms with Gasteiger partial charge in [0.15, 0.2) is 0 Å². The molecule has 0 aromatic heterocycles. The molecule has 1 aliphatic rings. The molecule has 1 amide bonds. The molecule has 0 spiro atoms. The third kappa shape index (κ3) is 6.29. The third-order valence-corrected chi connectivity index (χ3v) is 6.90. The summed E-state index contributed by atoms with van der Waals surface area (Å²) in [6, 6.07) is 8.42. The number of likely N-dealkylation sites (N-methyl/N-ethyl adjacent to an activating group) is 1. The first-order valence-corrected chi connectivity index (χ1v) is 12.6. The van der Waals surface area contributed by atoms with E-state index >= 15 is 4.39 Å². The van der Waals surface area contributed by atoms with E-state index in [9.17, 15) is 9.18 Å². The molecular weight excluding hydrogens is 532 g/mol. The van der Waals surface area contributed by atoms with Gasteiger partial charge in [0.1, 0.15) is 17.7 Å². The van der Waals surface area contributed by atoms with Crippen molar-refractivity contribution in [2.24, 2.45) is 10.9 Å². The van der Waals surface area contributed by atoms with Gasteiger partial charge in [-0.3, -0.25) is 9.69 Å². The fraction of sp³-hybridized carbons (Fsp3) is 0.385. The normalized spacial score (nSPS) is 15.5. The number of amides is 1. The van der Waals surface area contributed by atoms with Crippen molar-refractivity contribution in [3.63, 3.8) is 0 Å². The second-order valence-corrected chi connectivity index (χ2v) is 9.39. The van der Waals surface area contributed by atoms with Gasteiger partial charge in [-0.2, -0.15) is 5.90 Å². The highest BCUT2D eigenvalue weighted by Gasteiger charge is 2.34. The maximum atomic E-state index is 15.1. The Labute approximate surface area is 219 Å². The van der Waals surface area contributed by atoms with Crippen LogP contribution in [0.25, 0.3) is 0 Å². The summed E-state index contributed by atoms with van der Waals surface area (Å²) >= 11 is 3.50. The Balaban J connectivity index is 1.83. The molecule has 36 heavy (non-hydrogen) atoms. The monoisotopic (exact) mass is 563 g/mol. The Morgan fingerprint density at radius 3 is 2.39 bits per heavy atom. The summed E-state index contributed by atoms with van der Waals surface area (Å²) in [6.07, 6.45) is 0. The van der Waals surface area contributed by atoms with Crippen molar-refractivity contribution in [3.05, 3.63) is 75.9 Å². The molecule has 2 N–H and O–H groups in total. The molecule has 1 heterocycles. The number of rotatable bonds is 8. The number of benzene rings is 2. The number of anilines is 1. The Morgan fingerprint density at radius 1 is 1.17 bits per heavy atom. The first kappa shape index (κ1) is 27.8. The summed E-state index contributed by atoms with van der Waals surface area (Å²) in [5, 5.41) is 0. The Bertz CT molecular complexity index is 1130. The number of piperazine rings is 1. The summed E-state index contributed by atoms with van der Waals surface area (Å²) in [7, 11) is 0. The van der Waals surface area contributed by atoms with Crippen LogP contribution in [0.4, 0.5) is 14.5 Å². The van der Waals surface area contributed by atoms with Crippen molar-refractivity contribution in [2.45, 2.75) is 26.8 Å². The van der Waals surface area contributed by atoms with Gasteiger partial charge in [-0.15, -0.1) is 0 Å². The van der Waals surface area contributed by atoms with Crippen LogP contribution >= 0.6 is 15.9 Å². The van der Waals surface area contributed by atoms with E-state index in [0.29, 0.717) is 66.3 Å². The van der Waals surface area contributed by atoms with Crippen LogP contribution < -0.4 is 10.8 Å². The van der Waals surface area contributed by atoms with Gasteiger partial charge in [0.05, 0.1) is 5.69 Å². The van der Waals surface area contributed by atoms with E-state index in [1.54, 1.807) is 30.0 Å². The molecule has 1 fully saturated rings. The van der Waals surface area contributed by atoms with E-state index < -0.39 is 17.7 Å². The smallest absolute Gasteiger partial charge is 0.245 e. The lowest BCUT2D eigenvalue weighted by atomic mass is 10.0. The van der Waals surface area contributed by atoms with Gasteiger partial charge in [0.2, 0.25) is 11.8 Å². The van der Waals surface area contributed by atoms with Gasteiger partial charge in [-0.25, -0.2) is 13.8 Å². The zero-order chi connectivity index (χ0) is 26.4. The molecule has 194 valence electrons. The topological polar surface area (TPSA) is 74.4 Å². The zero-order valence-corrected chi connectivity index (χ0v) is 22.4. The first-order chi connectivity index (χ1) is 17.2. The first-order valence-electron chi connectivity index (χ1n) is 11.8. The van der Waals surface area contributed by atoms with Gasteiger partial charge in [0, 0.05) is 55.0 Å². The van der Waals surface area contributed by atoms with Gasteiger partial charge >= 0.3 is 0 Å². The quantitative estimate of drug-likeness (QED) is 0.288. The minimum atomic E-state index is -0.646. The SMILES string of the molecule is C=C(C)/N=C(\ON)c1ccc(N2CCN(C(C(=O)N(CC)CC)c3cc(F)ccc3Br)CC2)c(F)c1. The minimum absolute atomic E-state index is 0.0798. The van der Waals surface area contributed by atoms with Crippen LogP contribution in [0.3, 0.4) is 0 Å². The fourth-order valence-electron chi connectivity index (χ4n) is 4.37. The van der Waals surface area contributed by atoms with Crippen LogP contribution in [0.1, 0.15) is 37.9 Å². The minimum Gasteiger partial charge on any atom is -0.391 e. The molecule has 1 unspecified atom stereocenters. The fourth-order valence-corrected chi connectivity index (χ4v) is 4.83. The highest BCUT2D eigenvalue weighted by Crippen LogP contribution is 2.32. The maximum Gasteiger partial charge on any atom is 0.245 e. The number of nitrogens with two attached hydrogens (primary N) is 1. The molecule has 1 atom stereocenters. The predicted molar refractivity (Wildman–Crippen MR) is 142 cm³/mol. The zero-order valence-electron chi connectivity index (χ0n) is 20.8. The molecule has 1 saturated heterocycles. The average molecular weight is 564 g/mol. The van der Waals surface area contributed by atoms with Crippen LogP contribution in [-0.4, -0.2) is 60.9 Å².